The highest BCUT2D eigenvalue weighted by Gasteiger charge is 2.35. The van der Waals surface area contributed by atoms with Crippen molar-refractivity contribution in [2.24, 2.45) is 5.41 Å². The Kier molecular flexibility index (Phi) is 4.74. The first kappa shape index (κ1) is 15.3. The van der Waals surface area contributed by atoms with Gasteiger partial charge in [-0.05, 0) is 26.7 Å². The second-order valence-electron chi connectivity index (χ2n) is 5.31. The van der Waals surface area contributed by atoms with Gasteiger partial charge in [0.2, 0.25) is 5.91 Å². The lowest BCUT2D eigenvalue weighted by atomic mass is 9.92. The van der Waals surface area contributed by atoms with Gasteiger partial charge in [0.15, 0.2) is 0 Å². The number of carbonyl (C=O) groups excluding carboxylic acids is 2. The lowest BCUT2D eigenvalue weighted by Crippen LogP contribution is -2.50. The molecule has 19 heavy (non-hydrogen) atoms. The molecule has 1 heterocycles. The zero-order valence-corrected chi connectivity index (χ0v) is 11.5. The molecule has 108 valence electrons. The highest BCUT2D eigenvalue weighted by Crippen LogP contribution is 2.18. The molecule has 0 aromatic heterocycles. The number of nitrogens with one attached hydrogen (secondary N) is 2. The Labute approximate surface area is 112 Å². The third kappa shape index (κ3) is 3.59. The van der Waals surface area contributed by atoms with Gasteiger partial charge in [0.05, 0.1) is 5.41 Å². The molecule has 0 unspecified atom stereocenters. The highest BCUT2D eigenvalue weighted by molar-refractivity contribution is 5.85. The van der Waals surface area contributed by atoms with Crippen molar-refractivity contribution >= 4 is 17.9 Å². The number of urea groups is 1. The molecular formula is C12H21N3O4. The number of hydrogen-bond acceptors (Lipinski definition) is 3. The van der Waals surface area contributed by atoms with E-state index in [-0.39, 0.29) is 12.5 Å². The molecule has 1 aliphatic rings. The van der Waals surface area contributed by atoms with Crippen LogP contribution in [0.2, 0.25) is 0 Å². The Morgan fingerprint density at radius 2 is 2.00 bits per heavy atom. The van der Waals surface area contributed by atoms with Crippen molar-refractivity contribution in [1.82, 2.24) is 15.5 Å². The number of rotatable bonds is 4. The second kappa shape index (κ2) is 5.90. The summed E-state index contributed by atoms with van der Waals surface area (Å²) in [5.74, 6) is -1.16. The Hall–Kier alpha value is -1.79. The zero-order chi connectivity index (χ0) is 14.6. The minimum absolute atomic E-state index is 0.161. The van der Waals surface area contributed by atoms with Crippen LogP contribution in [0.25, 0.3) is 0 Å². The molecular weight excluding hydrogens is 250 g/mol. The van der Waals surface area contributed by atoms with Crippen molar-refractivity contribution < 1.29 is 19.5 Å². The van der Waals surface area contributed by atoms with E-state index < -0.39 is 23.5 Å². The van der Waals surface area contributed by atoms with Gasteiger partial charge >= 0.3 is 12.0 Å². The van der Waals surface area contributed by atoms with Crippen LogP contribution in [0.3, 0.4) is 0 Å². The maximum Gasteiger partial charge on any atom is 0.326 e. The van der Waals surface area contributed by atoms with Crippen LogP contribution in [0.15, 0.2) is 0 Å². The fourth-order valence-corrected chi connectivity index (χ4v) is 2.08. The molecule has 0 spiro atoms. The molecule has 0 bridgehead atoms. The van der Waals surface area contributed by atoms with Crippen LogP contribution in [-0.2, 0) is 9.59 Å². The zero-order valence-electron chi connectivity index (χ0n) is 11.5. The van der Waals surface area contributed by atoms with Crippen LogP contribution in [-0.4, -0.2) is 54.1 Å². The summed E-state index contributed by atoms with van der Waals surface area (Å²) in [4.78, 5) is 35.8. The number of amides is 3. The highest BCUT2D eigenvalue weighted by atomic mass is 16.4. The lowest BCUT2D eigenvalue weighted by molar-refractivity contribution is -0.141. The third-order valence-corrected chi connectivity index (χ3v) is 3.32. The van der Waals surface area contributed by atoms with Crippen LogP contribution >= 0.6 is 0 Å². The SMILES string of the molecule is CNC(=O)C(C)(C)CNC(=O)N1CCC[C@H]1C(=O)O. The van der Waals surface area contributed by atoms with E-state index in [9.17, 15) is 14.4 Å². The number of carboxylic acids is 1. The van der Waals surface area contributed by atoms with E-state index in [4.69, 9.17) is 5.11 Å². The van der Waals surface area contributed by atoms with Crippen molar-refractivity contribution in [3.8, 4) is 0 Å². The van der Waals surface area contributed by atoms with Gasteiger partial charge in [-0.25, -0.2) is 9.59 Å². The normalized spacial score (nSPS) is 19.1. The summed E-state index contributed by atoms with van der Waals surface area (Å²) in [5, 5.41) is 14.2. The summed E-state index contributed by atoms with van der Waals surface area (Å²) in [7, 11) is 1.53. The monoisotopic (exact) mass is 271 g/mol. The number of carbonyl (C=O) groups is 3. The Morgan fingerprint density at radius 1 is 1.37 bits per heavy atom. The quantitative estimate of drug-likeness (QED) is 0.671. The van der Waals surface area contributed by atoms with Crippen molar-refractivity contribution in [3.63, 3.8) is 0 Å². The lowest BCUT2D eigenvalue weighted by Gasteiger charge is -2.26. The number of hydrogen-bond donors (Lipinski definition) is 3. The maximum atomic E-state index is 11.9. The van der Waals surface area contributed by atoms with E-state index in [0.717, 1.165) is 0 Å². The van der Waals surface area contributed by atoms with Gasteiger partial charge in [-0.15, -0.1) is 0 Å². The van der Waals surface area contributed by atoms with Crippen molar-refractivity contribution in [2.75, 3.05) is 20.1 Å². The first-order chi connectivity index (χ1) is 8.79. The van der Waals surface area contributed by atoms with Gasteiger partial charge in [0, 0.05) is 20.1 Å². The summed E-state index contributed by atoms with van der Waals surface area (Å²) in [5.41, 5.74) is -0.733. The van der Waals surface area contributed by atoms with Crippen molar-refractivity contribution in [2.45, 2.75) is 32.7 Å². The Balaban J connectivity index is 2.56. The third-order valence-electron chi connectivity index (χ3n) is 3.32. The topological polar surface area (TPSA) is 98.7 Å². The average Bonchev–Trinajstić information content (AvgIpc) is 2.84. The summed E-state index contributed by atoms with van der Waals surface area (Å²) < 4.78 is 0. The van der Waals surface area contributed by atoms with Crippen LogP contribution in [0.4, 0.5) is 4.79 Å². The van der Waals surface area contributed by atoms with Crippen LogP contribution in [0, 0.1) is 5.41 Å². The predicted molar refractivity (Wildman–Crippen MR) is 68.6 cm³/mol. The number of carboxylic acid groups (broad SMARTS) is 1. The van der Waals surface area contributed by atoms with Gasteiger partial charge in [-0.1, -0.05) is 0 Å². The minimum atomic E-state index is -0.988. The van der Waals surface area contributed by atoms with E-state index >= 15 is 0 Å². The average molecular weight is 271 g/mol. The van der Waals surface area contributed by atoms with E-state index in [0.29, 0.717) is 19.4 Å². The number of likely N-dealkylation sites (tertiary alicyclic amines) is 1. The van der Waals surface area contributed by atoms with Crippen LogP contribution in [0.5, 0.6) is 0 Å². The summed E-state index contributed by atoms with van der Waals surface area (Å²) >= 11 is 0. The Bertz CT molecular complexity index is 381. The van der Waals surface area contributed by atoms with Crippen molar-refractivity contribution in [3.05, 3.63) is 0 Å². The molecule has 1 aliphatic heterocycles. The molecule has 1 atom stereocenters. The van der Waals surface area contributed by atoms with Gasteiger partial charge < -0.3 is 20.6 Å². The predicted octanol–water partition coefficient (Wildman–Crippen LogP) is 0.0172. The molecule has 0 saturated carbocycles. The van der Waals surface area contributed by atoms with Crippen LogP contribution in [0.1, 0.15) is 26.7 Å². The van der Waals surface area contributed by atoms with E-state index in [1.165, 1.54) is 11.9 Å². The van der Waals surface area contributed by atoms with E-state index in [2.05, 4.69) is 10.6 Å². The molecule has 1 saturated heterocycles. The summed E-state index contributed by atoms with van der Waals surface area (Å²) in [6.07, 6.45) is 1.16. The molecule has 1 fully saturated rings. The molecule has 0 aliphatic carbocycles. The number of nitrogens with zero attached hydrogens (tertiary/aromatic N) is 1. The standard InChI is InChI=1S/C12H21N3O4/c1-12(2,10(18)13-3)7-14-11(19)15-6-4-5-8(15)9(16)17/h8H,4-7H2,1-3H3,(H,13,18)(H,14,19)(H,16,17)/t8-/m0/s1. The summed E-state index contributed by atoms with van der Waals surface area (Å²) in [6, 6.07) is -1.19. The Morgan fingerprint density at radius 3 is 2.53 bits per heavy atom. The van der Waals surface area contributed by atoms with Gasteiger partial charge in [0.25, 0.3) is 0 Å². The maximum absolute atomic E-state index is 11.9. The fourth-order valence-electron chi connectivity index (χ4n) is 2.08. The fraction of sp³-hybridized carbons (Fsp3) is 0.750. The summed E-state index contributed by atoms with van der Waals surface area (Å²) in [6.45, 7) is 4.02. The van der Waals surface area contributed by atoms with E-state index in [1.54, 1.807) is 13.8 Å². The van der Waals surface area contributed by atoms with Gasteiger partial charge in [-0.3, -0.25) is 4.79 Å². The molecule has 1 rings (SSSR count). The largest absolute Gasteiger partial charge is 0.480 e. The van der Waals surface area contributed by atoms with Gasteiger partial charge in [0.1, 0.15) is 6.04 Å². The second-order valence-corrected chi connectivity index (χ2v) is 5.31. The van der Waals surface area contributed by atoms with Gasteiger partial charge in [-0.2, -0.15) is 0 Å². The van der Waals surface area contributed by atoms with Crippen LogP contribution < -0.4 is 10.6 Å². The number of aliphatic carboxylic acids is 1. The minimum Gasteiger partial charge on any atom is -0.480 e. The molecule has 0 radical (unpaired) electrons. The molecule has 3 N–H and O–H groups in total. The molecule has 3 amide bonds. The first-order valence-electron chi connectivity index (χ1n) is 6.29. The molecule has 7 heteroatoms. The smallest absolute Gasteiger partial charge is 0.326 e. The van der Waals surface area contributed by atoms with Crippen molar-refractivity contribution in [1.29, 1.82) is 0 Å². The molecule has 0 aromatic rings. The molecule has 7 nitrogen and oxygen atoms in total. The molecule has 0 aromatic carbocycles. The van der Waals surface area contributed by atoms with E-state index in [1.807, 2.05) is 0 Å². The first-order valence-corrected chi connectivity index (χ1v) is 6.29.